The molecule has 0 aromatic carbocycles. The standard InChI is InChI=1S/C53H96O6/c1-4-7-10-13-16-19-22-24-25-26-27-29-31-34-37-40-43-46-52(55)58-49-50(48-57-51(54)45-42-39-36-33-30-21-18-15-12-9-6-3)59-53(56)47-44-41-38-35-32-28-23-20-17-14-11-8-5-2/h9,12,18,21,33,36,50H,4-8,10-11,13-17,19-20,22-32,34-35,37-49H2,1-3H3/b12-9-,21-18-,36-33-. The molecule has 0 aromatic rings. The molecule has 6 heteroatoms. The van der Waals surface area contributed by atoms with E-state index in [-0.39, 0.29) is 31.1 Å². The molecule has 1 atom stereocenters. The van der Waals surface area contributed by atoms with Crippen LogP contribution >= 0.6 is 0 Å². The number of carbonyl (C=O) groups is 3. The van der Waals surface area contributed by atoms with Gasteiger partial charge in [0, 0.05) is 19.3 Å². The van der Waals surface area contributed by atoms with Gasteiger partial charge in [-0.3, -0.25) is 14.4 Å². The lowest BCUT2D eigenvalue weighted by molar-refractivity contribution is -0.167. The SMILES string of the molecule is CC/C=C\C/C=C\C/C=C\CCCC(=O)OCC(COC(=O)CCCCCCCCCCCCCCCCCCC)OC(=O)CCCCCCCCCCCCCCC. The molecule has 59 heavy (non-hydrogen) atoms. The molecule has 0 amide bonds. The van der Waals surface area contributed by atoms with Crippen molar-refractivity contribution in [3.8, 4) is 0 Å². The zero-order chi connectivity index (χ0) is 43.0. The highest BCUT2D eigenvalue weighted by Crippen LogP contribution is 2.16. The number of carbonyl (C=O) groups excluding carboxylic acids is 3. The Morgan fingerprint density at radius 3 is 1.03 bits per heavy atom. The molecular weight excluding hydrogens is 733 g/mol. The molecule has 1 unspecified atom stereocenters. The van der Waals surface area contributed by atoms with Crippen molar-refractivity contribution in [2.45, 2.75) is 271 Å². The van der Waals surface area contributed by atoms with E-state index in [4.69, 9.17) is 14.2 Å². The maximum absolute atomic E-state index is 12.8. The molecule has 0 saturated heterocycles. The molecule has 0 saturated carbocycles. The summed E-state index contributed by atoms with van der Waals surface area (Å²) in [5, 5.41) is 0. The first-order chi connectivity index (χ1) is 29.0. The highest BCUT2D eigenvalue weighted by molar-refractivity contribution is 5.71. The lowest BCUT2D eigenvalue weighted by atomic mass is 10.0. The van der Waals surface area contributed by atoms with Crippen LogP contribution in [-0.4, -0.2) is 37.2 Å². The van der Waals surface area contributed by atoms with Crippen LogP contribution in [0.25, 0.3) is 0 Å². The van der Waals surface area contributed by atoms with Gasteiger partial charge in [-0.1, -0.05) is 237 Å². The second kappa shape index (κ2) is 48.3. The van der Waals surface area contributed by atoms with Crippen molar-refractivity contribution < 1.29 is 28.6 Å². The summed E-state index contributed by atoms with van der Waals surface area (Å²) in [6.45, 7) is 6.50. The first kappa shape index (κ1) is 56.6. The highest BCUT2D eigenvalue weighted by atomic mass is 16.6. The van der Waals surface area contributed by atoms with E-state index in [2.05, 4.69) is 57.2 Å². The van der Waals surface area contributed by atoms with Crippen molar-refractivity contribution in [2.24, 2.45) is 0 Å². The molecule has 0 bridgehead atoms. The minimum absolute atomic E-state index is 0.0834. The summed E-state index contributed by atoms with van der Waals surface area (Å²) in [5.41, 5.74) is 0. The number of hydrogen-bond acceptors (Lipinski definition) is 6. The van der Waals surface area contributed by atoms with E-state index in [1.54, 1.807) is 0 Å². The normalized spacial score (nSPS) is 12.3. The van der Waals surface area contributed by atoms with Crippen LogP contribution in [0, 0.1) is 0 Å². The van der Waals surface area contributed by atoms with Gasteiger partial charge in [0.2, 0.25) is 0 Å². The van der Waals surface area contributed by atoms with Gasteiger partial charge < -0.3 is 14.2 Å². The van der Waals surface area contributed by atoms with Gasteiger partial charge in [-0.05, 0) is 44.9 Å². The highest BCUT2D eigenvalue weighted by Gasteiger charge is 2.19. The molecule has 0 heterocycles. The molecule has 344 valence electrons. The van der Waals surface area contributed by atoms with E-state index in [1.807, 2.05) is 0 Å². The van der Waals surface area contributed by atoms with Crippen molar-refractivity contribution in [1.29, 1.82) is 0 Å². The smallest absolute Gasteiger partial charge is 0.306 e. The number of allylic oxidation sites excluding steroid dienone is 6. The second-order valence-corrected chi connectivity index (χ2v) is 17.1. The van der Waals surface area contributed by atoms with Gasteiger partial charge in [0.15, 0.2) is 6.10 Å². The second-order valence-electron chi connectivity index (χ2n) is 17.1. The van der Waals surface area contributed by atoms with Gasteiger partial charge in [-0.25, -0.2) is 0 Å². The summed E-state index contributed by atoms with van der Waals surface area (Å²) >= 11 is 0. The zero-order valence-electron chi connectivity index (χ0n) is 39.3. The summed E-state index contributed by atoms with van der Waals surface area (Å²) in [7, 11) is 0. The Balaban J connectivity index is 4.34. The Bertz CT molecular complexity index is 1000. The third-order valence-electron chi connectivity index (χ3n) is 11.2. The summed E-state index contributed by atoms with van der Waals surface area (Å²) in [6, 6.07) is 0. The van der Waals surface area contributed by atoms with Crippen LogP contribution < -0.4 is 0 Å². The maximum atomic E-state index is 12.8. The molecule has 0 aromatic heterocycles. The fourth-order valence-corrected chi connectivity index (χ4v) is 7.35. The average Bonchev–Trinajstić information content (AvgIpc) is 3.23. The number of hydrogen-bond donors (Lipinski definition) is 0. The van der Waals surface area contributed by atoms with Crippen LogP contribution in [0.2, 0.25) is 0 Å². The van der Waals surface area contributed by atoms with Crippen molar-refractivity contribution >= 4 is 17.9 Å². The Labute approximate surface area is 365 Å². The topological polar surface area (TPSA) is 78.9 Å². The fraction of sp³-hybridized carbons (Fsp3) is 0.830. The molecular formula is C53H96O6. The summed E-state index contributed by atoms with van der Waals surface area (Å²) in [4.78, 5) is 37.9. The molecule has 0 spiro atoms. The quantitative estimate of drug-likeness (QED) is 0.0263. The van der Waals surface area contributed by atoms with E-state index >= 15 is 0 Å². The van der Waals surface area contributed by atoms with Gasteiger partial charge >= 0.3 is 17.9 Å². The first-order valence-electron chi connectivity index (χ1n) is 25.5. The zero-order valence-corrected chi connectivity index (χ0v) is 39.3. The summed E-state index contributed by atoms with van der Waals surface area (Å²) in [6.07, 6.45) is 55.7. The van der Waals surface area contributed by atoms with Crippen molar-refractivity contribution in [2.75, 3.05) is 13.2 Å². The maximum Gasteiger partial charge on any atom is 0.306 e. The van der Waals surface area contributed by atoms with Gasteiger partial charge in [0.1, 0.15) is 13.2 Å². The molecule has 0 fully saturated rings. The van der Waals surface area contributed by atoms with E-state index in [0.717, 1.165) is 64.2 Å². The summed E-state index contributed by atoms with van der Waals surface area (Å²) < 4.78 is 16.7. The monoisotopic (exact) mass is 829 g/mol. The minimum atomic E-state index is -0.785. The molecule has 0 N–H and O–H groups in total. The Morgan fingerprint density at radius 1 is 0.356 bits per heavy atom. The largest absolute Gasteiger partial charge is 0.462 e. The van der Waals surface area contributed by atoms with Gasteiger partial charge in [-0.15, -0.1) is 0 Å². The van der Waals surface area contributed by atoms with Gasteiger partial charge in [0.05, 0.1) is 0 Å². The van der Waals surface area contributed by atoms with E-state index in [1.165, 1.54) is 154 Å². The lowest BCUT2D eigenvalue weighted by Crippen LogP contribution is -2.30. The molecule has 0 rings (SSSR count). The van der Waals surface area contributed by atoms with Gasteiger partial charge in [0.25, 0.3) is 0 Å². The molecule has 0 aliphatic heterocycles. The average molecular weight is 829 g/mol. The number of unbranched alkanes of at least 4 members (excludes halogenated alkanes) is 29. The van der Waals surface area contributed by atoms with Gasteiger partial charge in [-0.2, -0.15) is 0 Å². The molecule has 0 aliphatic carbocycles. The minimum Gasteiger partial charge on any atom is -0.462 e. The van der Waals surface area contributed by atoms with Crippen LogP contribution in [0.1, 0.15) is 265 Å². The number of rotatable bonds is 46. The lowest BCUT2D eigenvalue weighted by Gasteiger charge is -2.18. The number of esters is 3. The first-order valence-corrected chi connectivity index (χ1v) is 25.5. The van der Waals surface area contributed by atoms with Crippen LogP contribution in [0.5, 0.6) is 0 Å². The predicted molar refractivity (Wildman–Crippen MR) is 252 cm³/mol. The van der Waals surface area contributed by atoms with Crippen molar-refractivity contribution in [1.82, 2.24) is 0 Å². The van der Waals surface area contributed by atoms with E-state index in [9.17, 15) is 14.4 Å². The van der Waals surface area contributed by atoms with Crippen LogP contribution in [-0.2, 0) is 28.6 Å². The Hall–Kier alpha value is -2.37. The van der Waals surface area contributed by atoms with E-state index < -0.39 is 6.10 Å². The third kappa shape index (κ3) is 46.5. The van der Waals surface area contributed by atoms with Crippen LogP contribution in [0.15, 0.2) is 36.5 Å². The van der Waals surface area contributed by atoms with Crippen LogP contribution in [0.3, 0.4) is 0 Å². The van der Waals surface area contributed by atoms with Crippen LogP contribution in [0.4, 0.5) is 0 Å². The van der Waals surface area contributed by atoms with E-state index in [0.29, 0.717) is 25.7 Å². The fourth-order valence-electron chi connectivity index (χ4n) is 7.35. The molecule has 6 nitrogen and oxygen atoms in total. The van der Waals surface area contributed by atoms with Crippen molar-refractivity contribution in [3.05, 3.63) is 36.5 Å². The molecule has 0 radical (unpaired) electrons. The Morgan fingerprint density at radius 2 is 0.661 bits per heavy atom. The number of ether oxygens (including phenoxy) is 3. The van der Waals surface area contributed by atoms with Crippen molar-refractivity contribution in [3.63, 3.8) is 0 Å². The summed E-state index contributed by atoms with van der Waals surface area (Å²) in [5.74, 6) is -0.929. The Kier molecular flexibility index (Phi) is 46.4. The predicted octanol–water partition coefficient (Wildman–Crippen LogP) is 16.5. The third-order valence-corrected chi connectivity index (χ3v) is 11.2. The molecule has 0 aliphatic rings.